The Kier molecular flexibility index (Phi) is 5.52. The van der Waals surface area contributed by atoms with Gasteiger partial charge in [0.15, 0.2) is 0 Å². The van der Waals surface area contributed by atoms with Gasteiger partial charge >= 0.3 is 0 Å². The lowest BCUT2D eigenvalue weighted by molar-refractivity contribution is -0.181. The highest BCUT2D eigenvalue weighted by Crippen LogP contribution is 2.51. The summed E-state index contributed by atoms with van der Waals surface area (Å²) in [7, 11) is 3.46. The lowest BCUT2D eigenvalue weighted by atomic mass is 9.95. The lowest BCUT2D eigenvalue weighted by Crippen LogP contribution is -2.31. The summed E-state index contributed by atoms with van der Waals surface area (Å²) in [6.07, 6.45) is 0.857. The summed E-state index contributed by atoms with van der Waals surface area (Å²) in [5.41, 5.74) is 8.14. The molecule has 0 saturated heterocycles. The number of methoxy groups -OCH3 is 2. The van der Waals surface area contributed by atoms with Crippen molar-refractivity contribution in [2.24, 2.45) is 0 Å². The zero-order valence-corrected chi connectivity index (χ0v) is 18.5. The van der Waals surface area contributed by atoms with Gasteiger partial charge in [0.2, 0.25) is 5.79 Å². The van der Waals surface area contributed by atoms with Gasteiger partial charge in [-0.25, -0.2) is 0 Å². The molecule has 4 aromatic carbocycles. The largest absolute Gasteiger partial charge is 0.346 e. The summed E-state index contributed by atoms with van der Waals surface area (Å²) in [4.78, 5) is 2.36. The van der Waals surface area contributed by atoms with Crippen molar-refractivity contribution in [2.45, 2.75) is 12.2 Å². The van der Waals surface area contributed by atoms with Gasteiger partial charge in [-0.05, 0) is 47.4 Å². The maximum Gasteiger partial charge on any atom is 0.223 e. The van der Waals surface area contributed by atoms with Crippen LogP contribution < -0.4 is 4.90 Å². The van der Waals surface area contributed by atoms with E-state index in [0.717, 1.165) is 24.1 Å². The van der Waals surface area contributed by atoms with Gasteiger partial charge in [-0.2, -0.15) is 0 Å². The molecule has 1 aliphatic rings. The van der Waals surface area contributed by atoms with E-state index in [-0.39, 0.29) is 0 Å². The van der Waals surface area contributed by atoms with Crippen LogP contribution in [-0.4, -0.2) is 20.8 Å². The quantitative estimate of drug-likeness (QED) is 0.316. The van der Waals surface area contributed by atoms with Crippen molar-refractivity contribution < 1.29 is 9.47 Å². The van der Waals surface area contributed by atoms with E-state index in [1.165, 1.54) is 28.1 Å². The summed E-state index contributed by atoms with van der Waals surface area (Å²) in [6, 6.07) is 36.0. The van der Waals surface area contributed by atoms with Gasteiger partial charge in [0, 0.05) is 43.3 Å². The number of anilines is 2. The van der Waals surface area contributed by atoms with E-state index < -0.39 is 5.79 Å². The Bertz CT molecular complexity index is 1160. The first-order valence-corrected chi connectivity index (χ1v) is 11.0. The molecule has 0 saturated carbocycles. The Morgan fingerprint density at radius 2 is 1.19 bits per heavy atom. The summed E-state index contributed by atoms with van der Waals surface area (Å²) >= 11 is 0. The standard InChI is InChI=1S/C29H27NO2/c1-31-29(32-2)27-19-10-9-17-25(27)26-18-11-12-22(28(26)29)20-21-30(23-13-5-3-6-14-23)24-15-7-4-8-16-24/h3-19H,20-21H2,1-2H3. The van der Waals surface area contributed by atoms with Crippen molar-refractivity contribution in [3.05, 3.63) is 120 Å². The third-order valence-corrected chi connectivity index (χ3v) is 6.37. The van der Waals surface area contributed by atoms with Crippen LogP contribution in [0.2, 0.25) is 0 Å². The number of hydrogen-bond acceptors (Lipinski definition) is 3. The average Bonchev–Trinajstić information content (AvgIpc) is 3.16. The number of rotatable bonds is 7. The molecule has 32 heavy (non-hydrogen) atoms. The second-order valence-corrected chi connectivity index (χ2v) is 7.98. The van der Waals surface area contributed by atoms with Crippen molar-refractivity contribution >= 4 is 11.4 Å². The molecule has 0 spiro atoms. The van der Waals surface area contributed by atoms with Gasteiger partial charge in [0.25, 0.3) is 0 Å². The highest BCUT2D eigenvalue weighted by molar-refractivity contribution is 5.80. The van der Waals surface area contributed by atoms with Crippen LogP contribution >= 0.6 is 0 Å². The van der Waals surface area contributed by atoms with E-state index >= 15 is 0 Å². The molecule has 0 aliphatic heterocycles. The molecule has 160 valence electrons. The van der Waals surface area contributed by atoms with E-state index in [1.54, 1.807) is 14.2 Å². The van der Waals surface area contributed by atoms with Crippen LogP contribution in [0.4, 0.5) is 11.4 Å². The first-order valence-electron chi connectivity index (χ1n) is 11.0. The van der Waals surface area contributed by atoms with Crippen LogP contribution in [0.5, 0.6) is 0 Å². The smallest absolute Gasteiger partial charge is 0.223 e. The summed E-state index contributed by atoms with van der Waals surface area (Å²) in [6.45, 7) is 0.838. The molecular formula is C29H27NO2. The van der Waals surface area contributed by atoms with Crippen LogP contribution in [0.1, 0.15) is 16.7 Å². The zero-order valence-electron chi connectivity index (χ0n) is 18.5. The minimum atomic E-state index is -0.882. The van der Waals surface area contributed by atoms with Gasteiger partial charge in [0.05, 0.1) is 0 Å². The van der Waals surface area contributed by atoms with E-state index in [0.29, 0.717) is 0 Å². The Morgan fingerprint density at radius 3 is 1.81 bits per heavy atom. The fourth-order valence-corrected chi connectivity index (χ4v) is 4.92. The zero-order chi connectivity index (χ0) is 22.0. The highest BCUT2D eigenvalue weighted by atomic mass is 16.7. The fourth-order valence-electron chi connectivity index (χ4n) is 4.92. The second kappa shape index (κ2) is 8.62. The molecule has 3 nitrogen and oxygen atoms in total. The number of para-hydroxylation sites is 2. The first kappa shape index (κ1) is 20.5. The molecule has 0 bridgehead atoms. The lowest BCUT2D eigenvalue weighted by Gasteiger charge is -2.31. The van der Waals surface area contributed by atoms with Crippen LogP contribution in [0.15, 0.2) is 103 Å². The maximum absolute atomic E-state index is 6.08. The van der Waals surface area contributed by atoms with Crippen molar-refractivity contribution in [3.63, 3.8) is 0 Å². The van der Waals surface area contributed by atoms with Crippen LogP contribution in [0.3, 0.4) is 0 Å². The molecule has 0 fully saturated rings. The monoisotopic (exact) mass is 421 g/mol. The van der Waals surface area contributed by atoms with E-state index in [1.807, 2.05) is 6.07 Å². The van der Waals surface area contributed by atoms with E-state index in [2.05, 4.69) is 102 Å². The van der Waals surface area contributed by atoms with Crippen molar-refractivity contribution in [1.29, 1.82) is 0 Å². The topological polar surface area (TPSA) is 21.7 Å². The van der Waals surface area contributed by atoms with Gasteiger partial charge in [0.1, 0.15) is 0 Å². The van der Waals surface area contributed by atoms with E-state index in [4.69, 9.17) is 9.47 Å². The van der Waals surface area contributed by atoms with Crippen LogP contribution in [-0.2, 0) is 21.7 Å². The molecular weight excluding hydrogens is 394 g/mol. The molecule has 0 amide bonds. The van der Waals surface area contributed by atoms with Crippen molar-refractivity contribution in [1.82, 2.24) is 0 Å². The minimum absolute atomic E-state index is 0.838. The first-order chi connectivity index (χ1) is 15.8. The fraction of sp³-hybridized carbons (Fsp3) is 0.172. The van der Waals surface area contributed by atoms with Gasteiger partial charge in [-0.15, -0.1) is 0 Å². The summed E-state index contributed by atoms with van der Waals surface area (Å²) in [5, 5.41) is 0. The molecule has 4 aromatic rings. The minimum Gasteiger partial charge on any atom is -0.346 e. The summed E-state index contributed by atoms with van der Waals surface area (Å²) < 4.78 is 12.2. The predicted molar refractivity (Wildman–Crippen MR) is 130 cm³/mol. The Hall–Kier alpha value is -3.40. The number of benzene rings is 4. The normalized spacial score (nSPS) is 13.4. The van der Waals surface area contributed by atoms with Gasteiger partial charge in [-0.1, -0.05) is 78.9 Å². The Morgan fingerprint density at radius 1 is 0.625 bits per heavy atom. The van der Waals surface area contributed by atoms with Crippen LogP contribution in [0, 0.1) is 0 Å². The third kappa shape index (κ3) is 3.31. The Labute approximate surface area is 189 Å². The van der Waals surface area contributed by atoms with E-state index in [9.17, 15) is 0 Å². The Balaban J connectivity index is 1.55. The maximum atomic E-state index is 6.08. The van der Waals surface area contributed by atoms with Gasteiger partial charge < -0.3 is 14.4 Å². The molecule has 0 atom stereocenters. The molecule has 0 heterocycles. The third-order valence-electron chi connectivity index (χ3n) is 6.37. The number of fused-ring (bicyclic) bond motifs is 3. The second-order valence-electron chi connectivity index (χ2n) is 7.98. The number of ether oxygens (including phenoxy) is 2. The molecule has 0 N–H and O–H groups in total. The molecule has 0 radical (unpaired) electrons. The number of hydrogen-bond donors (Lipinski definition) is 0. The molecule has 0 unspecified atom stereocenters. The SMILES string of the molecule is COC1(OC)c2ccccc2-c2cccc(CCN(c3ccccc3)c3ccccc3)c21. The average molecular weight is 422 g/mol. The molecule has 5 rings (SSSR count). The van der Waals surface area contributed by atoms with Gasteiger partial charge in [-0.3, -0.25) is 0 Å². The molecule has 0 aromatic heterocycles. The summed E-state index contributed by atoms with van der Waals surface area (Å²) in [5.74, 6) is -0.882. The molecule has 3 heteroatoms. The molecule has 1 aliphatic carbocycles. The van der Waals surface area contributed by atoms with Crippen molar-refractivity contribution in [2.75, 3.05) is 25.7 Å². The van der Waals surface area contributed by atoms with Crippen molar-refractivity contribution in [3.8, 4) is 11.1 Å². The van der Waals surface area contributed by atoms with Crippen LogP contribution in [0.25, 0.3) is 11.1 Å². The predicted octanol–water partition coefficient (Wildman–Crippen LogP) is 6.54. The number of nitrogens with zero attached hydrogens (tertiary/aromatic N) is 1. The highest BCUT2D eigenvalue weighted by Gasteiger charge is 2.45.